The quantitative estimate of drug-likeness (QED) is 0.291. The van der Waals surface area contributed by atoms with Gasteiger partial charge in [-0.05, 0) is 55.5 Å². The number of carbonyl (C=O) groups excluding carboxylic acids is 5. The highest BCUT2D eigenvalue weighted by Gasteiger charge is 2.68. The molecule has 314 valence electrons. The van der Waals surface area contributed by atoms with Crippen LogP contribution in [0.2, 0.25) is 5.02 Å². The topological polar surface area (TPSA) is 173 Å². The van der Waals surface area contributed by atoms with Gasteiger partial charge in [-0.3, -0.25) is 38.7 Å². The van der Waals surface area contributed by atoms with E-state index in [2.05, 4.69) is 14.8 Å². The van der Waals surface area contributed by atoms with Crippen molar-refractivity contribution in [2.24, 2.45) is 22.5 Å². The summed E-state index contributed by atoms with van der Waals surface area (Å²) in [5.74, 6) is -2.08. The number of halogens is 2. The zero-order valence-electron chi connectivity index (χ0n) is 34.1. The van der Waals surface area contributed by atoms with Gasteiger partial charge in [-0.25, -0.2) is 9.37 Å². The molecule has 0 spiro atoms. The number of imide groups is 2. The van der Waals surface area contributed by atoms with E-state index < -0.39 is 58.5 Å². The molecule has 4 fully saturated rings. The van der Waals surface area contributed by atoms with E-state index in [1.54, 1.807) is 30.3 Å². The Morgan fingerprint density at radius 1 is 0.900 bits per heavy atom. The second kappa shape index (κ2) is 15.5. The number of primary amides is 1. The second-order valence-electron chi connectivity index (χ2n) is 17.8. The fraction of sp³-hybridized carbons (Fsp3) is 0.477. The van der Waals surface area contributed by atoms with Crippen LogP contribution >= 0.6 is 11.6 Å². The summed E-state index contributed by atoms with van der Waals surface area (Å²) in [4.78, 5) is 80.6. The molecule has 16 heteroatoms. The molecule has 4 aliphatic heterocycles. The highest BCUT2D eigenvalue weighted by Crippen LogP contribution is 2.58. The first-order chi connectivity index (χ1) is 28.5. The number of rotatable bonds is 9. The van der Waals surface area contributed by atoms with Crippen LogP contribution in [0.25, 0.3) is 0 Å². The molecule has 1 saturated carbocycles. The molecule has 0 radical (unpaired) electrons. The Labute approximate surface area is 353 Å². The number of nitrogens with zero attached hydrogens (tertiary/aromatic N) is 7. The summed E-state index contributed by atoms with van der Waals surface area (Å²) in [5, 5.41) is 9.54. The van der Waals surface area contributed by atoms with Crippen LogP contribution < -0.4 is 20.3 Å². The molecule has 1 atom stereocenters. The molecule has 2 N–H and O–H groups in total. The fourth-order valence-electron chi connectivity index (χ4n) is 10.6. The van der Waals surface area contributed by atoms with Gasteiger partial charge in [0.15, 0.2) is 0 Å². The number of piperazine rings is 1. The van der Waals surface area contributed by atoms with Crippen molar-refractivity contribution in [1.29, 1.82) is 5.26 Å². The molecule has 2 aromatic carbocycles. The number of likely N-dealkylation sites (tertiary alicyclic amines) is 1. The number of pyridine rings is 1. The van der Waals surface area contributed by atoms with Gasteiger partial charge >= 0.3 is 0 Å². The number of nitrogens with two attached hydrogens (primary N) is 1. The third kappa shape index (κ3) is 7.03. The fourth-order valence-corrected chi connectivity index (χ4v) is 10.8. The van der Waals surface area contributed by atoms with Crippen molar-refractivity contribution < 1.29 is 33.1 Å². The van der Waals surface area contributed by atoms with Crippen molar-refractivity contribution >= 4 is 52.6 Å². The van der Waals surface area contributed by atoms with Crippen LogP contribution in [0.5, 0.6) is 5.75 Å². The summed E-state index contributed by atoms with van der Waals surface area (Å²) >= 11 is 6.27. The van der Waals surface area contributed by atoms with Crippen LogP contribution in [-0.4, -0.2) is 113 Å². The van der Waals surface area contributed by atoms with Gasteiger partial charge < -0.3 is 20.3 Å². The van der Waals surface area contributed by atoms with E-state index in [0.29, 0.717) is 23.0 Å². The Kier molecular flexibility index (Phi) is 10.6. The van der Waals surface area contributed by atoms with Gasteiger partial charge in [0.05, 0.1) is 33.3 Å². The van der Waals surface area contributed by atoms with Crippen molar-refractivity contribution in [3.05, 3.63) is 81.8 Å². The number of anilines is 2. The smallest absolute Gasteiger partial charge is 0.262 e. The van der Waals surface area contributed by atoms with Crippen LogP contribution in [0.3, 0.4) is 0 Å². The van der Waals surface area contributed by atoms with E-state index in [1.165, 1.54) is 17.2 Å². The number of amides is 5. The van der Waals surface area contributed by atoms with Gasteiger partial charge in [0.2, 0.25) is 5.91 Å². The molecule has 0 bridgehead atoms. The minimum Gasteiger partial charge on any atom is -0.489 e. The lowest BCUT2D eigenvalue weighted by molar-refractivity contribution is -0.216. The van der Waals surface area contributed by atoms with Gasteiger partial charge in [-0.1, -0.05) is 39.3 Å². The van der Waals surface area contributed by atoms with Gasteiger partial charge in [0.25, 0.3) is 23.6 Å². The Morgan fingerprint density at radius 3 is 2.22 bits per heavy atom. The third-order valence-electron chi connectivity index (χ3n) is 13.3. The van der Waals surface area contributed by atoms with Gasteiger partial charge in [-0.15, -0.1) is 0 Å². The average Bonchev–Trinajstić information content (AvgIpc) is 3.46. The highest BCUT2D eigenvalue weighted by molar-refractivity contribution is 6.31. The number of nitriles is 1. The lowest BCUT2D eigenvalue weighted by Crippen LogP contribution is -2.77. The number of fused-ring (bicyclic) bond motifs is 1. The lowest BCUT2D eigenvalue weighted by Gasteiger charge is -2.65. The Bertz CT molecular complexity index is 2320. The number of ether oxygens (including phenoxy) is 1. The molecule has 5 aliphatic rings. The first kappa shape index (κ1) is 41.2. The molecular formula is C44H48ClFN8O6. The standard InChI is InChI=1S/C44H48ClFN8O6/c1-43(2)41(44(3,4)42(43)60-28-7-5-26(22-47)32(45)20-28)54-36(55)10-9-34(40(54)59)53-38(57)29-8-6-27(19-30(29)39(53)58)51-17-15-50(16-18-51)24-25-11-13-52(14-12-25)35-21-33(46)31(23-49-35)37(48)56/h5-8,19-21,23,25,34,41-42H,9-18,24H2,1-4H3,(H2,48,56). The summed E-state index contributed by atoms with van der Waals surface area (Å²) in [5.41, 5.74) is 5.22. The normalized spacial score (nSPS) is 24.3. The Hall–Kier alpha value is -5.59. The molecule has 60 heavy (non-hydrogen) atoms. The molecule has 14 nitrogen and oxygen atoms in total. The van der Waals surface area contributed by atoms with Crippen molar-refractivity contribution in [2.45, 2.75) is 71.6 Å². The van der Waals surface area contributed by atoms with Crippen LogP contribution in [0.1, 0.15) is 90.0 Å². The van der Waals surface area contributed by atoms with Crippen LogP contribution in [0.15, 0.2) is 48.7 Å². The van der Waals surface area contributed by atoms with Gasteiger partial charge in [0.1, 0.15) is 35.6 Å². The summed E-state index contributed by atoms with van der Waals surface area (Å²) in [6.45, 7) is 13.2. The van der Waals surface area contributed by atoms with Gasteiger partial charge in [0, 0.05) is 87.1 Å². The van der Waals surface area contributed by atoms with E-state index in [-0.39, 0.29) is 40.5 Å². The monoisotopic (exact) mass is 838 g/mol. The van der Waals surface area contributed by atoms with Crippen molar-refractivity contribution in [2.75, 3.05) is 55.6 Å². The van der Waals surface area contributed by atoms with E-state index >= 15 is 0 Å². The van der Waals surface area contributed by atoms with Crippen molar-refractivity contribution in [3.8, 4) is 11.8 Å². The third-order valence-corrected chi connectivity index (χ3v) is 13.6. The Morgan fingerprint density at radius 2 is 1.58 bits per heavy atom. The van der Waals surface area contributed by atoms with Crippen molar-refractivity contribution in [1.82, 2.24) is 19.7 Å². The molecule has 3 aromatic rings. The summed E-state index contributed by atoms with van der Waals surface area (Å²) in [6, 6.07) is 11.7. The molecule has 5 amide bonds. The molecule has 8 rings (SSSR count). The highest BCUT2D eigenvalue weighted by atomic mass is 35.5. The molecule has 1 aromatic heterocycles. The van der Waals surface area contributed by atoms with Crippen LogP contribution in [-0.2, 0) is 9.59 Å². The molecular weight excluding hydrogens is 791 g/mol. The first-order valence-electron chi connectivity index (χ1n) is 20.4. The first-order valence-corrected chi connectivity index (χ1v) is 20.8. The van der Waals surface area contributed by atoms with Crippen LogP contribution in [0, 0.1) is 33.9 Å². The summed E-state index contributed by atoms with van der Waals surface area (Å²) in [6.07, 6.45) is 2.65. The maximum absolute atomic E-state index is 14.4. The zero-order chi connectivity index (χ0) is 42.8. The van der Waals surface area contributed by atoms with Crippen molar-refractivity contribution in [3.63, 3.8) is 0 Å². The minimum atomic E-state index is -1.13. The average molecular weight is 839 g/mol. The molecule has 1 aliphatic carbocycles. The number of hydrogen-bond donors (Lipinski definition) is 1. The van der Waals surface area contributed by atoms with E-state index in [9.17, 15) is 33.6 Å². The number of piperidine rings is 2. The maximum atomic E-state index is 14.4. The van der Waals surface area contributed by atoms with E-state index in [1.807, 2.05) is 44.7 Å². The summed E-state index contributed by atoms with van der Waals surface area (Å²) < 4.78 is 20.7. The lowest BCUT2D eigenvalue weighted by atomic mass is 9.48. The molecule has 5 heterocycles. The van der Waals surface area contributed by atoms with E-state index in [4.69, 9.17) is 22.1 Å². The predicted octanol–water partition coefficient (Wildman–Crippen LogP) is 4.88. The number of aromatic nitrogens is 1. The summed E-state index contributed by atoms with van der Waals surface area (Å²) in [7, 11) is 0. The number of benzene rings is 2. The maximum Gasteiger partial charge on any atom is 0.262 e. The number of hydrogen-bond acceptors (Lipinski definition) is 11. The predicted molar refractivity (Wildman–Crippen MR) is 220 cm³/mol. The Balaban J connectivity index is 0.884. The van der Waals surface area contributed by atoms with E-state index in [0.717, 1.165) is 69.2 Å². The van der Waals surface area contributed by atoms with Crippen LogP contribution in [0.4, 0.5) is 15.9 Å². The number of carbonyl (C=O) groups is 5. The minimum absolute atomic E-state index is 0.00124. The van der Waals surface area contributed by atoms with Gasteiger partial charge in [-0.2, -0.15) is 5.26 Å². The zero-order valence-corrected chi connectivity index (χ0v) is 34.9. The molecule has 3 saturated heterocycles. The largest absolute Gasteiger partial charge is 0.489 e. The second-order valence-corrected chi connectivity index (χ2v) is 18.2. The SMILES string of the molecule is CC1(C)C(Oc2ccc(C#N)c(Cl)c2)C(C)(C)C1N1C(=O)CCC(N2C(=O)c3ccc(N4CCN(CC5CCN(c6cc(F)c(C(N)=O)cn6)CC5)CC4)cc3C2=O)C1=O. The molecule has 1 unspecified atom stereocenters.